The van der Waals surface area contributed by atoms with Crippen molar-refractivity contribution in [1.82, 2.24) is 15.2 Å². The fraction of sp³-hybridized carbons (Fsp3) is 0.667. The Morgan fingerprint density at radius 3 is 2.61 bits per heavy atom. The fourth-order valence-electron chi connectivity index (χ4n) is 1.32. The van der Waals surface area contributed by atoms with Crippen LogP contribution in [0.4, 0.5) is 0 Å². The molecule has 104 valence electrons. The van der Waals surface area contributed by atoms with Crippen molar-refractivity contribution in [2.45, 2.75) is 33.2 Å². The summed E-state index contributed by atoms with van der Waals surface area (Å²) in [4.78, 5) is 11.1. The van der Waals surface area contributed by atoms with Gasteiger partial charge in [0.25, 0.3) is 0 Å². The van der Waals surface area contributed by atoms with Gasteiger partial charge in [-0.15, -0.1) is 35.3 Å². The number of aliphatic imine (C=N–C) groups is 1. The Labute approximate surface area is 131 Å². The van der Waals surface area contributed by atoms with E-state index in [4.69, 9.17) is 0 Å². The van der Waals surface area contributed by atoms with Gasteiger partial charge in [-0.2, -0.15) is 0 Å². The van der Waals surface area contributed by atoms with Crippen LogP contribution in [0, 0.1) is 0 Å². The molecule has 1 aromatic heterocycles. The summed E-state index contributed by atoms with van der Waals surface area (Å²) >= 11 is 1.69. The molecule has 0 aliphatic rings. The molecule has 0 aliphatic carbocycles. The van der Waals surface area contributed by atoms with Gasteiger partial charge in [0.1, 0.15) is 5.01 Å². The number of hydrogen-bond acceptors (Lipinski definition) is 3. The summed E-state index contributed by atoms with van der Waals surface area (Å²) in [5.74, 6) is 1.40. The normalized spacial score (nSPS) is 11.3. The van der Waals surface area contributed by atoms with Crippen molar-refractivity contribution in [3.05, 3.63) is 16.1 Å². The number of rotatable bonds is 4. The molecule has 0 fully saturated rings. The highest BCUT2D eigenvalue weighted by atomic mass is 127. The van der Waals surface area contributed by atoms with E-state index in [1.54, 1.807) is 11.3 Å². The van der Waals surface area contributed by atoms with Gasteiger partial charge in [0.2, 0.25) is 0 Å². The van der Waals surface area contributed by atoms with E-state index >= 15 is 0 Å². The third-order valence-corrected chi connectivity index (χ3v) is 3.14. The van der Waals surface area contributed by atoms with E-state index in [0.29, 0.717) is 12.5 Å². The van der Waals surface area contributed by atoms with Crippen LogP contribution in [0.25, 0.3) is 0 Å². The Kier molecular flexibility index (Phi) is 8.51. The van der Waals surface area contributed by atoms with E-state index in [0.717, 1.165) is 23.2 Å². The van der Waals surface area contributed by atoms with Crippen molar-refractivity contribution in [3.63, 3.8) is 0 Å². The molecule has 0 atom stereocenters. The Morgan fingerprint density at radius 2 is 2.17 bits per heavy atom. The first-order valence-corrected chi connectivity index (χ1v) is 6.82. The van der Waals surface area contributed by atoms with Crippen molar-refractivity contribution >= 4 is 41.3 Å². The quantitative estimate of drug-likeness (QED) is 0.495. The average Bonchev–Trinajstić information content (AvgIpc) is 2.72. The fourth-order valence-corrected chi connectivity index (χ4v) is 2.20. The molecule has 0 unspecified atom stereocenters. The predicted molar refractivity (Wildman–Crippen MR) is 90.1 cm³/mol. The maximum atomic E-state index is 4.57. The zero-order valence-electron chi connectivity index (χ0n) is 11.7. The number of nitrogens with one attached hydrogen (secondary N) is 1. The van der Waals surface area contributed by atoms with Crippen LogP contribution >= 0.6 is 35.3 Å². The monoisotopic (exact) mass is 382 g/mol. The largest absolute Gasteiger partial charge is 0.357 e. The molecule has 18 heavy (non-hydrogen) atoms. The van der Waals surface area contributed by atoms with Gasteiger partial charge in [-0.25, -0.2) is 9.98 Å². The van der Waals surface area contributed by atoms with Gasteiger partial charge in [0.15, 0.2) is 5.96 Å². The van der Waals surface area contributed by atoms with Crippen LogP contribution in [0.1, 0.15) is 37.4 Å². The molecule has 0 spiro atoms. The van der Waals surface area contributed by atoms with E-state index in [2.05, 4.69) is 41.4 Å². The second kappa shape index (κ2) is 8.68. The second-order valence-electron chi connectivity index (χ2n) is 4.39. The number of aromatic nitrogens is 1. The van der Waals surface area contributed by atoms with E-state index < -0.39 is 0 Å². The predicted octanol–water partition coefficient (Wildman–Crippen LogP) is 2.91. The minimum absolute atomic E-state index is 0. The Balaban J connectivity index is 0.00000289. The average molecular weight is 382 g/mol. The number of halogens is 1. The standard InChI is InChI=1S/C12H22N4S.HI/c1-6-13-12(16(4)5)14-7-11-15-10(8-17-11)9(2)3;/h8-9H,6-7H2,1-5H3,(H,13,14);1H. The van der Waals surface area contributed by atoms with Crippen LogP contribution in [-0.2, 0) is 6.54 Å². The Hall–Kier alpha value is -0.370. The van der Waals surface area contributed by atoms with Gasteiger partial charge < -0.3 is 10.2 Å². The SMILES string of the molecule is CCNC(=NCc1nc(C(C)C)cs1)N(C)C.I. The summed E-state index contributed by atoms with van der Waals surface area (Å²) in [7, 11) is 3.98. The number of hydrogen-bond donors (Lipinski definition) is 1. The molecule has 1 heterocycles. The van der Waals surface area contributed by atoms with Gasteiger partial charge in [-0.05, 0) is 12.8 Å². The second-order valence-corrected chi connectivity index (χ2v) is 5.33. The molecule has 0 radical (unpaired) electrons. The van der Waals surface area contributed by atoms with Crippen molar-refractivity contribution in [1.29, 1.82) is 0 Å². The van der Waals surface area contributed by atoms with Crippen LogP contribution in [-0.4, -0.2) is 36.5 Å². The first kappa shape index (κ1) is 17.6. The van der Waals surface area contributed by atoms with Crippen molar-refractivity contribution in [2.75, 3.05) is 20.6 Å². The van der Waals surface area contributed by atoms with Crippen LogP contribution < -0.4 is 5.32 Å². The highest BCUT2D eigenvalue weighted by molar-refractivity contribution is 14.0. The lowest BCUT2D eigenvalue weighted by Crippen LogP contribution is -2.36. The lowest BCUT2D eigenvalue weighted by atomic mass is 10.2. The molecular weight excluding hydrogens is 359 g/mol. The highest BCUT2D eigenvalue weighted by Gasteiger charge is 2.06. The topological polar surface area (TPSA) is 40.5 Å². The van der Waals surface area contributed by atoms with E-state index in [1.807, 2.05) is 19.0 Å². The smallest absolute Gasteiger partial charge is 0.193 e. The summed E-state index contributed by atoms with van der Waals surface area (Å²) in [6.07, 6.45) is 0. The van der Waals surface area contributed by atoms with E-state index in [1.165, 1.54) is 0 Å². The summed E-state index contributed by atoms with van der Waals surface area (Å²) in [5, 5.41) is 6.43. The third-order valence-electron chi connectivity index (χ3n) is 2.28. The van der Waals surface area contributed by atoms with Crippen LogP contribution in [0.3, 0.4) is 0 Å². The lowest BCUT2D eigenvalue weighted by molar-refractivity contribution is 0.583. The first-order valence-electron chi connectivity index (χ1n) is 5.94. The molecule has 0 saturated carbocycles. The molecule has 0 amide bonds. The van der Waals surface area contributed by atoms with Gasteiger partial charge in [-0.3, -0.25) is 0 Å². The molecule has 1 rings (SSSR count). The summed E-state index contributed by atoms with van der Waals surface area (Å²) in [6, 6.07) is 0. The van der Waals surface area contributed by atoms with Crippen LogP contribution in [0.2, 0.25) is 0 Å². The molecule has 0 bridgehead atoms. The molecule has 1 aromatic rings. The van der Waals surface area contributed by atoms with Gasteiger partial charge in [0.05, 0.1) is 12.2 Å². The van der Waals surface area contributed by atoms with Crippen molar-refractivity contribution in [2.24, 2.45) is 4.99 Å². The zero-order valence-corrected chi connectivity index (χ0v) is 14.9. The molecule has 0 aliphatic heterocycles. The molecule has 6 heteroatoms. The number of guanidine groups is 1. The van der Waals surface area contributed by atoms with E-state index in [9.17, 15) is 0 Å². The zero-order chi connectivity index (χ0) is 12.8. The van der Waals surface area contributed by atoms with Gasteiger partial charge in [0, 0.05) is 26.0 Å². The van der Waals surface area contributed by atoms with E-state index in [-0.39, 0.29) is 24.0 Å². The van der Waals surface area contributed by atoms with Crippen LogP contribution in [0.15, 0.2) is 10.4 Å². The third kappa shape index (κ3) is 5.51. The number of thiazole rings is 1. The summed E-state index contributed by atoms with van der Waals surface area (Å²) < 4.78 is 0. The molecule has 4 nitrogen and oxygen atoms in total. The Bertz CT molecular complexity index is 374. The Morgan fingerprint density at radius 1 is 1.50 bits per heavy atom. The molecular formula is C12H23IN4S. The minimum Gasteiger partial charge on any atom is -0.357 e. The first-order chi connectivity index (χ1) is 8.04. The van der Waals surface area contributed by atoms with Gasteiger partial charge >= 0.3 is 0 Å². The maximum absolute atomic E-state index is 4.57. The number of nitrogens with zero attached hydrogens (tertiary/aromatic N) is 3. The molecule has 1 N–H and O–H groups in total. The van der Waals surface area contributed by atoms with Crippen LogP contribution in [0.5, 0.6) is 0 Å². The van der Waals surface area contributed by atoms with Crippen molar-refractivity contribution in [3.8, 4) is 0 Å². The van der Waals surface area contributed by atoms with Crippen molar-refractivity contribution < 1.29 is 0 Å². The highest BCUT2D eigenvalue weighted by Crippen LogP contribution is 2.18. The summed E-state index contributed by atoms with van der Waals surface area (Å²) in [5.41, 5.74) is 1.16. The molecule has 0 aromatic carbocycles. The molecule has 0 saturated heterocycles. The van der Waals surface area contributed by atoms with Gasteiger partial charge in [-0.1, -0.05) is 13.8 Å². The summed E-state index contributed by atoms with van der Waals surface area (Å²) in [6.45, 7) is 7.92. The minimum atomic E-state index is 0. The lowest BCUT2D eigenvalue weighted by Gasteiger charge is -2.16. The maximum Gasteiger partial charge on any atom is 0.193 e.